The number of hydrogen-bond donors (Lipinski definition) is 1. The lowest BCUT2D eigenvalue weighted by Crippen LogP contribution is -2.13. The Morgan fingerprint density at radius 3 is 2.81 bits per heavy atom. The standard InChI is InChI=1S/C15H11BrFN3O/c1-20-13-5-3-2-4-10(13)14(19-20)15(21)18-12-7-6-9(17)8-11(12)16/h2-8H,1H3,(H,18,21). The number of carbonyl (C=O) groups is 1. The molecule has 1 aromatic heterocycles. The second-order valence-corrected chi connectivity index (χ2v) is 5.42. The zero-order valence-electron chi connectivity index (χ0n) is 11.1. The van der Waals surface area contributed by atoms with Crippen LogP contribution in [0.25, 0.3) is 10.9 Å². The van der Waals surface area contributed by atoms with Gasteiger partial charge in [-0.15, -0.1) is 0 Å². The predicted molar refractivity (Wildman–Crippen MR) is 82.8 cm³/mol. The van der Waals surface area contributed by atoms with Crippen LogP contribution in [0.2, 0.25) is 0 Å². The number of aryl methyl sites for hydroxylation is 1. The molecule has 4 nitrogen and oxygen atoms in total. The molecule has 1 amide bonds. The van der Waals surface area contributed by atoms with E-state index in [1.165, 1.54) is 18.2 Å². The van der Waals surface area contributed by atoms with E-state index in [0.717, 1.165) is 10.9 Å². The minimum atomic E-state index is -0.372. The summed E-state index contributed by atoms with van der Waals surface area (Å²) in [6.07, 6.45) is 0. The zero-order chi connectivity index (χ0) is 15.0. The minimum absolute atomic E-state index is 0.334. The largest absolute Gasteiger partial charge is 0.320 e. The molecular formula is C15H11BrFN3O. The molecule has 6 heteroatoms. The van der Waals surface area contributed by atoms with Crippen molar-refractivity contribution in [3.63, 3.8) is 0 Å². The summed E-state index contributed by atoms with van der Waals surface area (Å²) in [5, 5.41) is 7.75. The van der Waals surface area contributed by atoms with Gasteiger partial charge in [0.2, 0.25) is 0 Å². The summed E-state index contributed by atoms with van der Waals surface area (Å²) < 4.78 is 15.2. The third kappa shape index (κ3) is 2.54. The molecule has 106 valence electrons. The summed E-state index contributed by atoms with van der Waals surface area (Å²) in [4.78, 5) is 12.4. The van der Waals surface area contributed by atoms with Gasteiger partial charge in [-0.1, -0.05) is 18.2 Å². The Hall–Kier alpha value is -2.21. The molecule has 0 spiro atoms. The van der Waals surface area contributed by atoms with Crippen molar-refractivity contribution in [2.75, 3.05) is 5.32 Å². The SMILES string of the molecule is Cn1nc(C(=O)Nc2ccc(F)cc2Br)c2ccccc21. The van der Waals surface area contributed by atoms with Crippen LogP contribution in [0.5, 0.6) is 0 Å². The Kier molecular flexibility index (Phi) is 3.47. The third-order valence-electron chi connectivity index (χ3n) is 3.15. The van der Waals surface area contributed by atoms with E-state index in [9.17, 15) is 9.18 Å². The van der Waals surface area contributed by atoms with Crippen LogP contribution < -0.4 is 5.32 Å². The molecule has 0 unspecified atom stereocenters. The highest BCUT2D eigenvalue weighted by Gasteiger charge is 2.16. The first kappa shape index (κ1) is 13.8. The van der Waals surface area contributed by atoms with Crippen LogP contribution in [-0.4, -0.2) is 15.7 Å². The van der Waals surface area contributed by atoms with Crippen LogP contribution in [0.15, 0.2) is 46.9 Å². The van der Waals surface area contributed by atoms with Gasteiger partial charge < -0.3 is 5.32 Å². The summed E-state index contributed by atoms with van der Waals surface area (Å²) in [7, 11) is 1.78. The maximum atomic E-state index is 13.1. The van der Waals surface area contributed by atoms with Crippen molar-refractivity contribution in [2.45, 2.75) is 0 Å². The van der Waals surface area contributed by atoms with Gasteiger partial charge in [0.25, 0.3) is 5.91 Å². The van der Waals surface area contributed by atoms with Crippen molar-refractivity contribution in [3.05, 3.63) is 58.4 Å². The van der Waals surface area contributed by atoms with Crippen LogP contribution in [0.4, 0.5) is 10.1 Å². The fourth-order valence-corrected chi connectivity index (χ4v) is 2.60. The number of fused-ring (bicyclic) bond motifs is 1. The van der Waals surface area contributed by atoms with Crippen molar-refractivity contribution in [2.24, 2.45) is 7.05 Å². The molecule has 0 radical (unpaired) electrons. The highest BCUT2D eigenvalue weighted by molar-refractivity contribution is 9.10. The smallest absolute Gasteiger partial charge is 0.276 e. The topological polar surface area (TPSA) is 46.9 Å². The number of rotatable bonds is 2. The summed E-state index contributed by atoms with van der Waals surface area (Å²) in [6.45, 7) is 0. The van der Waals surface area contributed by atoms with Gasteiger partial charge in [0.05, 0.1) is 11.2 Å². The number of aromatic nitrogens is 2. The fraction of sp³-hybridized carbons (Fsp3) is 0.0667. The summed E-state index contributed by atoms with van der Waals surface area (Å²) >= 11 is 3.22. The van der Waals surface area contributed by atoms with Gasteiger partial charge in [-0.25, -0.2) is 4.39 Å². The van der Waals surface area contributed by atoms with Gasteiger partial charge in [0, 0.05) is 16.9 Å². The van der Waals surface area contributed by atoms with E-state index < -0.39 is 0 Å². The van der Waals surface area contributed by atoms with E-state index in [1.54, 1.807) is 11.7 Å². The maximum Gasteiger partial charge on any atom is 0.276 e. The maximum absolute atomic E-state index is 13.1. The molecule has 0 saturated heterocycles. The van der Waals surface area contributed by atoms with E-state index in [2.05, 4.69) is 26.3 Å². The first-order valence-corrected chi connectivity index (χ1v) is 7.03. The van der Waals surface area contributed by atoms with Crippen molar-refractivity contribution >= 4 is 38.4 Å². The Balaban J connectivity index is 1.98. The molecule has 2 aromatic carbocycles. The van der Waals surface area contributed by atoms with E-state index in [0.29, 0.717) is 15.9 Å². The molecule has 1 heterocycles. The lowest BCUT2D eigenvalue weighted by molar-refractivity contribution is 0.102. The third-order valence-corrected chi connectivity index (χ3v) is 3.81. The highest BCUT2D eigenvalue weighted by atomic mass is 79.9. The number of amides is 1. The average Bonchev–Trinajstić information content (AvgIpc) is 2.80. The van der Waals surface area contributed by atoms with Gasteiger partial charge in [0.15, 0.2) is 5.69 Å². The molecule has 3 aromatic rings. The van der Waals surface area contributed by atoms with Crippen molar-refractivity contribution in [1.82, 2.24) is 9.78 Å². The normalized spacial score (nSPS) is 10.8. The van der Waals surface area contributed by atoms with Crippen LogP contribution in [-0.2, 0) is 7.05 Å². The second kappa shape index (κ2) is 5.29. The zero-order valence-corrected chi connectivity index (χ0v) is 12.7. The Labute approximate surface area is 128 Å². The molecule has 0 bridgehead atoms. The van der Waals surface area contributed by atoms with Gasteiger partial charge in [-0.3, -0.25) is 9.48 Å². The van der Waals surface area contributed by atoms with Gasteiger partial charge in [-0.05, 0) is 40.2 Å². The number of carbonyl (C=O) groups excluding carboxylic acids is 1. The van der Waals surface area contributed by atoms with Crippen LogP contribution in [0, 0.1) is 5.82 Å². The molecule has 0 aliphatic heterocycles. The lowest BCUT2D eigenvalue weighted by atomic mass is 10.2. The molecule has 0 fully saturated rings. The fourth-order valence-electron chi connectivity index (χ4n) is 2.15. The summed E-state index contributed by atoms with van der Waals surface area (Å²) in [5.74, 6) is -0.706. The number of para-hydroxylation sites is 1. The molecule has 0 saturated carbocycles. The number of nitrogens with zero attached hydrogens (tertiary/aromatic N) is 2. The first-order chi connectivity index (χ1) is 10.1. The predicted octanol–water partition coefficient (Wildman–Crippen LogP) is 3.73. The number of hydrogen-bond acceptors (Lipinski definition) is 2. The minimum Gasteiger partial charge on any atom is -0.320 e. The molecule has 3 rings (SSSR count). The highest BCUT2D eigenvalue weighted by Crippen LogP contribution is 2.25. The van der Waals surface area contributed by atoms with Gasteiger partial charge >= 0.3 is 0 Å². The van der Waals surface area contributed by atoms with Crippen LogP contribution >= 0.6 is 15.9 Å². The number of benzene rings is 2. The molecule has 0 aliphatic carbocycles. The molecular weight excluding hydrogens is 337 g/mol. The van der Waals surface area contributed by atoms with E-state index >= 15 is 0 Å². The molecule has 21 heavy (non-hydrogen) atoms. The summed E-state index contributed by atoms with van der Waals surface area (Å²) in [6, 6.07) is 11.6. The van der Waals surface area contributed by atoms with E-state index in [1.807, 2.05) is 24.3 Å². The monoisotopic (exact) mass is 347 g/mol. The summed E-state index contributed by atoms with van der Waals surface area (Å²) in [5.41, 5.74) is 1.71. The van der Waals surface area contributed by atoms with Crippen molar-refractivity contribution in [1.29, 1.82) is 0 Å². The number of anilines is 1. The van der Waals surface area contributed by atoms with Gasteiger partial charge in [-0.2, -0.15) is 5.10 Å². The first-order valence-electron chi connectivity index (χ1n) is 6.24. The Bertz CT molecular complexity index is 844. The van der Waals surface area contributed by atoms with Crippen LogP contribution in [0.1, 0.15) is 10.5 Å². The molecule has 0 aliphatic rings. The van der Waals surface area contributed by atoms with Crippen LogP contribution in [0.3, 0.4) is 0 Å². The quantitative estimate of drug-likeness (QED) is 0.767. The number of nitrogens with one attached hydrogen (secondary N) is 1. The molecule has 0 atom stereocenters. The van der Waals surface area contributed by atoms with E-state index in [4.69, 9.17) is 0 Å². The van der Waals surface area contributed by atoms with Gasteiger partial charge in [0.1, 0.15) is 5.82 Å². The average molecular weight is 348 g/mol. The molecule has 1 N–H and O–H groups in total. The number of halogens is 2. The Morgan fingerprint density at radius 1 is 1.29 bits per heavy atom. The Morgan fingerprint density at radius 2 is 2.05 bits per heavy atom. The van der Waals surface area contributed by atoms with Crippen molar-refractivity contribution in [3.8, 4) is 0 Å². The second-order valence-electron chi connectivity index (χ2n) is 4.57. The van der Waals surface area contributed by atoms with E-state index in [-0.39, 0.29) is 11.7 Å². The van der Waals surface area contributed by atoms with Crippen molar-refractivity contribution < 1.29 is 9.18 Å². The lowest BCUT2D eigenvalue weighted by Gasteiger charge is -2.06.